The second-order valence-electron chi connectivity index (χ2n) is 5.52. The third kappa shape index (κ3) is 3.56. The van der Waals surface area contributed by atoms with E-state index in [0.717, 1.165) is 5.01 Å². The number of hydrogen-bond donors (Lipinski definition) is 0. The van der Waals surface area contributed by atoms with Crippen molar-refractivity contribution in [2.75, 3.05) is 26.2 Å². The summed E-state index contributed by atoms with van der Waals surface area (Å²) in [4.78, 5) is 32.1. The fraction of sp³-hybridized carbons (Fsp3) is 0.643. The predicted octanol–water partition coefficient (Wildman–Crippen LogP) is 1.78. The monoisotopic (exact) mass is 295 g/mol. The number of piperazine rings is 1. The highest BCUT2D eigenvalue weighted by atomic mass is 32.1. The number of hydrogen-bond acceptors (Lipinski definition) is 4. The summed E-state index contributed by atoms with van der Waals surface area (Å²) < 4.78 is 0. The van der Waals surface area contributed by atoms with Gasteiger partial charge in [-0.15, -0.1) is 11.3 Å². The summed E-state index contributed by atoms with van der Waals surface area (Å²) in [6.45, 7) is 8.42. The Kier molecular flexibility index (Phi) is 4.75. The van der Waals surface area contributed by atoms with Gasteiger partial charge in [0.15, 0.2) is 0 Å². The Labute approximate surface area is 123 Å². The first-order valence-corrected chi connectivity index (χ1v) is 7.84. The second-order valence-corrected chi connectivity index (χ2v) is 6.58. The molecular formula is C14H21N3O2S. The van der Waals surface area contributed by atoms with Crippen LogP contribution in [0, 0.1) is 12.8 Å². The minimum Gasteiger partial charge on any atom is -0.339 e. The molecule has 1 aliphatic rings. The van der Waals surface area contributed by atoms with Crippen molar-refractivity contribution in [3.05, 3.63) is 16.1 Å². The highest BCUT2D eigenvalue weighted by Crippen LogP contribution is 2.13. The smallest absolute Gasteiger partial charge is 0.273 e. The molecule has 1 aromatic heterocycles. The van der Waals surface area contributed by atoms with Crippen molar-refractivity contribution in [1.82, 2.24) is 14.8 Å². The number of aromatic nitrogens is 1. The summed E-state index contributed by atoms with van der Waals surface area (Å²) in [5.74, 6) is 0.544. The summed E-state index contributed by atoms with van der Waals surface area (Å²) >= 11 is 1.49. The lowest BCUT2D eigenvalue weighted by Gasteiger charge is -2.34. The van der Waals surface area contributed by atoms with Crippen LogP contribution in [0.25, 0.3) is 0 Å². The Balaban J connectivity index is 1.88. The van der Waals surface area contributed by atoms with Crippen LogP contribution in [-0.4, -0.2) is 52.8 Å². The fourth-order valence-corrected chi connectivity index (χ4v) is 2.85. The van der Waals surface area contributed by atoms with Gasteiger partial charge in [-0.05, 0) is 12.8 Å². The molecule has 5 nitrogen and oxygen atoms in total. The molecule has 1 aromatic rings. The van der Waals surface area contributed by atoms with E-state index in [4.69, 9.17) is 0 Å². The third-order valence-corrected chi connectivity index (χ3v) is 4.11. The Hall–Kier alpha value is -1.43. The maximum Gasteiger partial charge on any atom is 0.273 e. The number of carbonyl (C=O) groups is 2. The van der Waals surface area contributed by atoms with Crippen molar-refractivity contribution in [2.45, 2.75) is 27.2 Å². The molecule has 1 aliphatic heterocycles. The van der Waals surface area contributed by atoms with Crippen molar-refractivity contribution in [2.24, 2.45) is 5.92 Å². The van der Waals surface area contributed by atoms with Gasteiger partial charge >= 0.3 is 0 Å². The van der Waals surface area contributed by atoms with Crippen molar-refractivity contribution in [1.29, 1.82) is 0 Å². The largest absolute Gasteiger partial charge is 0.339 e. The van der Waals surface area contributed by atoms with Crippen LogP contribution in [-0.2, 0) is 4.79 Å². The first-order chi connectivity index (χ1) is 9.47. The third-order valence-electron chi connectivity index (χ3n) is 3.34. The van der Waals surface area contributed by atoms with Crippen LogP contribution < -0.4 is 0 Å². The lowest BCUT2D eigenvalue weighted by Crippen LogP contribution is -2.50. The minimum atomic E-state index is -0.0229. The lowest BCUT2D eigenvalue weighted by molar-refractivity contribution is -0.133. The molecule has 2 rings (SSSR count). The highest BCUT2D eigenvalue weighted by molar-refractivity contribution is 7.09. The molecule has 0 bridgehead atoms. The number of rotatable bonds is 3. The van der Waals surface area contributed by atoms with Crippen LogP contribution >= 0.6 is 11.3 Å². The van der Waals surface area contributed by atoms with Gasteiger partial charge in [-0.3, -0.25) is 9.59 Å². The Morgan fingerprint density at radius 3 is 2.35 bits per heavy atom. The van der Waals surface area contributed by atoms with Crippen LogP contribution in [0.15, 0.2) is 5.38 Å². The van der Waals surface area contributed by atoms with Crippen molar-refractivity contribution < 1.29 is 9.59 Å². The van der Waals surface area contributed by atoms with Crippen molar-refractivity contribution in [3.63, 3.8) is 0 Å². The molecule has 0 saturated carbocycles. The second kappa shape index (κ2) is 6.35. The molecule has 6 heteroatoms. The van der Waals surface area contributed by atoms with Gasteiger partial charge in [0.25, 0.3) is 5.91 Å². The van der Waals surface area contributed by atoms with E-state index >= 15 is 0 Å². The molecule has 0 aliphatic carbocycles. The summed E-state index contributed by atoms with van der Waals surface area (Å²) in [6, 6.07) is 0. The van der Waals surface area contributed by atoms with E-state index in [-0.39, 0.29) is 11.8 Å². The van der Waals surface area contributed by atoms with Gasteiger partial charge in [-0.1, -0.05) is 13.8 Å². The number of thiazole rings is 1. The van der Waals surface area contributed by atoms with Crippen molar-refractivity contribution in [3.8, 4) is 0 Å². The summed E-state index contributed by atoms with van der Waals surface area (Å²) in [7, 11) is 0. The normalized spacial score (nSPS) is 15.8. The summed E-state index contributed by atoms with van der Waals surface area (Å²) in [5.41, 5.74) is 0.523. The topological polar surface area (TPSA) is 53.5 Å². The van der Waals surface area contributed by atoms with E-state index in [2.05, 4.69) is 4.98 Å². The first-order valence-electron chi connectivity index (χ1n) is 6.96. The van der Waals surface area contributed by atoms with Gasteiger partial charge in [0.1, 0.15) is 5.69 Å². The Bertz CT molecular complexity index is 490. The molecule has 0 unspecified atom stereocenters. The molecular weight excluding hydrogens is 274 g/mol. The maximum atomic E-state index is 12.2. The Morgan fingerprint density at radius 2 is 1.85 bits per heavy atom. The van der Waals surface area contributed by atoms with Gasteiger partial charge in [-0.25, -0.2) is 4.98 Å². The van der Waals surface area contributed by atoms with E-state index < -0.39 is 0 Å². The fourth-order valence-electron chi connectivity index (χ4n) is 2.26. The summed E-state index contributed by atoms with van der Waals surface area (Å²) in [5, 5.41) is 2.70. The Morgan fingerprint density at radius 1 is 1.25 bits per heavy atom. The van der Waals surface area contributed by atoms with E-state index in [0.29, 0.717) is 44.2 Å². The lowest BCUT2D eigenvalue weighted by atomic mass is 10.1. The van der Waals surface area contributed by atoms with Crippen LogP contribution in [0.5, 0.6) is 0 Å². The molecule has 2 heterocycles. The molecule has 0 aromatic carbocycles. The van der Waals surface area contributed by atoms with Gasteiger partial charge in [0.05, 0.1) is 5.01 Å². The molecule has 2 amide bonds. The highest BCUT2D eigenvalue weighted by Gasteiger charge is 2.25. The van der Waals surface area contributed by atoms with Crippen LogP contribution in [0.2, 0.25) is 0 Å². The van der Waals surface area contributed by atoms with E-state index in [1.807, 2.05) is 25.7 Å². The zero-order valence-corrected chi connectivity index (χ0v) is 13.1. The number of amides is 2. The van der Waals surface area contributed by atoms with Gasteiger partial charge < -0.3 is 9.80 Å². The van der Waals surface area contributed by atoms with E-state index in [9.17, 15) is 9.59 Å². The molecule has 0 atom stereocenters. The van der Waals surface area contributed by atoms with Gasteiger partial charge in [0.2, 0.25) is 5.91 Å². The minimum absolute atomic E-state index is 0.0229. The standard InChI is InChI=1S/C14H21N3O2S/c1-10(2)8-13(18)16-4-6-17(7-5-16)14(19)12-9-20-11(3)15-12/h9-10H,4-8H2,1-3H3. The zero-order chi connectivity index (χ0) is 14.7. The number of nitrogens with zero attached hydrogens (tertiary/aromatic N) is 3. The van der Waals surface area contributed by atoms with Crippen LogP contribution in [0.4, 0.5) is 0 Å². The molecule has 0 N–H and O–H groups in total. The number of carbonyl (C=O) groups excluding carboxylic acids is 2. The average molecular weight is 295 g/mol. The van der Waals surface area contributed by atoms with Crippen molar-refractivity contribution >= 4 is 23.2 Å². The number of aryl methyl sites for hydroxylation is 1. The average Bonchev–Trinajstić information content (AvgIpc) is 2.84. The van der Waals surface area contributed by atoms with E-state index in [1.54, 1.807) is 10.3 Å². The summed E-state index contributed by atoms with van der Waals surface area (Å²) in [6.07, 6.45) is 0.583. The molecule has 0 spiro atoms. The zero-order valence-electron chi connectivity index (χ0n) is 12.3. The van der Waals surface area contributed by atoms with E-state index in [1.165, 1.54) is 11.3 Å². The van der Waals surface area contributed by atoms with Gasteiger partial charge in [0, 0.05) is 38.0 Å². The maximum absolute atomic E-state index is 12.2. The predicted molar refractivity (Wildman–Crippen MR) is 78.8 cm³/mol. The van der Waals surface area contributed by atoms with Crippen LogP contribution in [0.1, 0.15) is 35.8 Å². The molecule has 0 radical (unpaired) electrons. The molecule has 1 fully saturated rings. The molecule has 110 valence electrons. The molecule has 1 saturated heterocycles. The SMILES string of the molecule is Cc1nc(C(=O)N2CCN(C(=O)CC(C)C)CC2)cs1. The molecule has 20 heavy (non-hydrogen) atoms. The quantitative estimate of drug-likeness (QED) is 0.854. The van der Waals surface area contributed by atoms with Crippen LogP contribution in [0.3, 0.4) is 0 Å². The first kappa shape index (κ1) is 15.0. The van der Waals surface area contributed by atoms with Gasteiger partial charge in [-0.2, -0.15) is 0 Å².